The predicted octanol–water partition coefficient (Wildman–Crippen LogP) is 7.74. The highest BCUT2D eigenvalue weighted by Gasteiger charge is 2.18. The summed E-state index contributed by atoms with van der Waals surface area (Å²) in [6, 6.07) is 0. The zero-order valence-corrected chi connectivity index (χ0v) is 20.0. The first-order valence-electron chi connectivity index (χ1n) is 12.2. The topological polar surface area (TPSA) is 52.6 Å². The predicted molar refractivity (Wildman–Crippen MR) is 124 cm³/mol. The quantitative estimate of drug-likeness (QED) is 0.0928. The van der Waals surface area contributed by atoms with Crippen molar-refractivity contribution in [2.45, 2.75) is 141 Å². The SMILES string of the molecule is CCCCCCCCCCCCCCCC(=O)OOC(=O)C(S)CCCCCC. The average molecular weight is 431 g/mol. The van der Waals surface area contributed by atoms with Crippen molar-refractivity contribution >= 4 is 24.6 Å². The molecule has 29 heavy (non-hydrogen) atoms. The van der Waals surface area contributed by atoms with E-state index in [1.165, 1.54) is 64.2 Å². The monoisotopic (exact) mass is 430 g/mol. The van der Waals surface area contributed by atoms with Crippen LogP contribution in [0.3, 0.4) is 0 Å². The van der Waals surface area contributed by atoms with Crippen molar-refractivity contribution in [1.29, 1.82) is 0 Å². The molecule has 0 aliphatic heterocycles. The summed E-state index contributed by atoms with van der Waals surface area (Å²) in [5, 5.41) is -0.518. The second kappa shape index (κ2) is 22.0. The van der Waals surface area contributed by atoms with Crippen LogP contribution in [-0.2, 0) is 19.4 Å². The van der Waals surface area contributed by atoms with Gasteiger partial charge in [0.1, 0.15) is 5.25 Å². The zero-order valence-electron chi connectivity index (χ0n) is 19.1. The summed E-state index contributed by atoms with van der Waals surface area (Å²) >= 11 is 4.22. The zero-order chi connectivity index (χ0) is 21.6. The fourth-order valence-corrected chi connectivity index (χ4v) is 3.58. The Labute approximate surface area is 185 Å². The minimum atomic E-state index is -0.566. The van der Waals surface area contributed by atoms with Gasteiger partial charge >= 0.3 is 11.9 Å². The number of carbonyl (C=O) groups excluding carboxylic acids is 2. The molecule has 0 radical (unpaired) electrons. The maximum absolute atomic E-state index is 11.7. The van der Waals surface area contributed by atoms with Crippen molar-refractivity contribution in [3.63, 3.8) is 0 Å². The van der Waals surface area contributed by atoms with Gasteiger partial charge in [-0.05, 0) is 12.8 Å². The normalized spacial score (nSPS) is 12.0. The van der Waals surface area contributed by atoms with Gasteiger partial charge in [0.25, 0.3) is 0 Å². The van der Waals surface area contributed by atoms with Gasteiger partial charge < -0.3 is 0 Å². The van der Waals surface area contributed by atoms with E-state index in [4.69, 9.17) is 0 Å². The van der Waals surface area contributed by atoms with Crippen LogP contribution >= 0.6 is 12.6 Å². The van der Waals surface area contributed by atoms with Crippen molar-refractivity contribution in [3.05, 3.63) is 0 Å². The number of unbranched alkanes of at least 4 members (excludes halogenated alkanes) is 15. The Morgan fingerprint density at radius 1 is 0.621 bits per heavy atom. The van der Waals surface area contributed by atoms with E-state index in [2.05, 4.69) is 36.3 Å². The summed E-state index contributed by atoms with van der Waals surface area (Å²) in [5.41, 5.74) is 0. The van der Waals surface area contributed by atoms with E-state index < -0.39 is 17.2 Å². The van der Waals surface area contributed by atoms with E-state index in [1.54, 1.807) is 0 Å². The fraction of sp³-hybridized carbons (Fsp3) is 0.917. The van der Waals surface area contributed by atoms with E-state index in [1.807, 2.05) is 0 Å². The van der Waals surface area contributed by atoms with E-state index in [0.29, 0.717) is 12.8 Å². The molecule has 0 aromatic heterocycles. The molecule has 1 unspecified atom stereocenters. The number of rotatable bonds is 20. The van der Waals surface area contributed by atoms with E-state index in [-0.39, 0.29) is 0 Å². The molecule has 0 aromatic rings. The third-order valence-electron chi connectivity index (χ3n) is 5.30. The molecule has 0 bridgehead atoms. The van der Waals surface area contributed by atoms with Gasteiger partial charge in [0, 0.05) is 0 Å². The number of hydrogen-bond donors (Lipinski definition) is 1. The summed E-state index contributed by atoms with van der Waals surface area (Å²) in [7, 11) is 0. The molecule has 0 aliphatic carbocycles. The molecule has 0 N–H and O–H groups in total. The lowest BCUT2D eigenvalue weighted by atomic mass is 10.0. The number of thiol groups is 1. The van der Waals surface area contributed by atoms with Crippen LogP contribution in [0.1, 0.15) is 136 Å². The second-order valence-electron chi connectivity index (χ2n) is 8.22. The molecule has 0 spiro atoms. The Bertz CT molecular complexity index is 387. The maximum atomic E-state index is 11.7. The Morgan fingerprint density at radius 3 is 1.52 bits per heavy atom. The van der Waals surface area contributed by atoms with Crippen molar-refractivity contribution in [2.24, 2.45) is 0 Å². The lowest BCUT2D eigenvalue weighted by molar-refractivity contribution is -0.258. The molecule has 0 saturated heterocycles. The Morgan fingerprint density at radius 2 is 1.03 bits per heavy atom. The van der Waals surface area contributed by atoms with E-state index in [0.717, 1.165) is 44.9 Å². The molecule has 0 amide bonds. The minimum Gasteiger partial charge on any atom is -0.247 e. The Hall–Kier alpha value is -0.710. The van der Waals surface area contributed by atoms with Gasteiger partial charge in [-0.15, -0.1) is 0 Å². The first-order valence-corrected chi connectivity index (χ1v) is 12.7. The molecule has 4 nitrogen and oxygen atoms in total. The molecule has 0 saturated carbocycles. The van der Waals surface area contributed by atoms with Gasteiger partial charge in [0.2, 0.25) is 0 Å². The van der Waals surface area contributed by atoms with E-state index >= 15 is 0 Å². The van der Waals surface area contributed by atoms with Crippen molar-refractivity contribution < 1.29 is 19.4 Å². The highest BCUT2D eigenvalue weighted by atomic mass is 32.1. The van der Waals surface area contributed by atoms with Crippen LogP contribution in [0, 0.1) is 0 Å². The summed E-state index contributed by atoms with van der Waals surface area (Å²) in [4.78, 5) is 32.6. The molecule has 0 fully saturated rings. The highest BCUT2D eigenvalue weighted by Crippen LogP contribution is 2.14. The van der Waals surface area contributed by atoms with Crippen LogP contribution in [0.2, 0.25) is 0 Å². The molecule has 1 atom stereocenters. The summed E-state index contributed by atoms with van der Waals surface area (Å²) in [6.07, 6.45) is 21.7. The van der Waals surface area contributed by atoms with Gasteiger partial charge in [-0.2, -0.15) is 12.6 Å². The summed E-state index contributed by atoms with van der Waals surface area (Å²) in [5.74, 6) is -1.03. The van der Waals surface area contributed by atoms with Gasteiger partial charge in [-0.25, -0.2) is 19.4 Å². The highest BCUT2D eigenvalue weighted by molar-refractivity contribution is 7.81. The third-order valence-corrected chi connectivity index (χ3v) is 5.77. The Kier molecular flexibility index (Phi) is 21.4. The molecular weight excluding hydrogens is 384 g/mol. The van der Waals surface area contributed by atoms with Crippen LogP contribution in [-0.4, -0.2) is 17.2 Å². The fourth-order valence-electron chi connectivity index (χ4n) is 3.35. The smallest absolute Gasteiger partial charge is 0.247 e. The largest absolute Gasteiger partial charge is 0.368 e. The molecule has 0 aromatic carbocycles. The molecule has 5 heteroatoms. The van der Waals surface area contributed by atoms with Crippen molar-refractivity contribution in [2.75, 3.05) is 0 Å². The third kappa shape index (κ3) is 20.3. The van der Waals surface area contributed by atoms with Crippen LogP contribution < -0.4 is 0 Å². The minimum absolute atomic E-state index is 0.304. The molecular formula is C24H46O4S. The maximum Gasteiger partial charge on any atom is 0.368 e. The Balaban J connectivity index is 3.40. The average Bonchev–Trinajstić information content (AvgIpc) is 2.72. The van der Waals surface area contributed by atoms with E-state index in [9.17, 15) is 9.59 Å². The van der Waals surface area contributed by atoms with Crippen molar-refractivity contribution in [1.82, 2.24) is 0 Å². The number of carbonyl (C=O) groups is 2. The standard InChI is InChI=1S/C24H46O4S/c1-3-5-7-9-10-11-12-13-14-15-16-17-19-21-23(25)27-28-24(26)22(29)20-18-8-6-4-2/h22,29H,3-21H2,1-2H3. The van der Waals surface area contributed by atoms with Crippen LogP contribution in [0.25, 0.3) is 0 Å². The van der Waals surface area contributed by atoms with Crippen LogP contribution in [0.15, 0.2) is 0 Å². The second-order valence-corrected chi connectivity index (χ2v) is 8.84. The summed E-state index contributed by atoms with van der Waals surface area (Å²) in [6.45, 7) is 4.40. The number of hydrogen-bond acceptors (Lipinski definition) is 5. The molecule has 172 valence electrons. The van der Waals surface area contributed by atoms with Crippen LogP contribution in [0.4, 0.5) is 0 Å². The molecule has 0 rings (SSSR count). The molecule has 0 aliphatic rings. The lowest BCUT2D eigenvalue weighted by Crippen LogP contribution is -2.20. The van der Waals surface area contributed by atoms with Gasteiger partial charge in [0.05, 0.1) is 6.42 Å². The van der Waals surface area contributed by atoms with Crippen molar-refractivity contribution in [3.8, 4) is 0 Å². The first kappa shape index (κ1) is 28.3. The van der Waals surface area contributed by atoms with Gasteiger partial charge in [-0.3, -0.25) is 0 Å². The summed E-state index contributed by atoms with van der Waals surface area (Å²) < 4.78 is 0. The first-order chi connectivity index (χ1) is 14.1. The van der Waals surface area contributed by atoms with Crippen LogP contribution in [0.5, 0.6) is 0 Å². The lowest BCUT2D eigenvalue weighted by Gasteiger charge is -2.09. The van der Waals surface area contributed by atoms with Gasteiger partial charge in [0.15, 0.2) is 0 Å². The molecule has 0 heterocycles. The van der Waals surface area contributed by atoms with Gasteiger partial charge in [-0.1, -0.05) is 117 Å².